The van der Waals surface area contributed by atoms with Crippen LogP contribution in [0.4, 0.5) is 11.4 Å². The van der Waals surface area contributed by atoms with Crippen LogP contribution in [-0.2, 0) is 4.79 Å². The first-order valence-electron chi connectivity index (χ1n) is 9.08. The molecule has 2 heterocycles. The van der Waals surface area contributed by atoms with Crippen molar-refractivity contribution in [2.24, 2.45) is 0 Å². The van der Waals surface area contributed by atoms with Gasteiger partial charge in [-0.2, -0.15) is 15.3 Å². The predicted molar refractivity (Wildman–Crippen MR) is 114 cm³/mol. The molecule has 0 saturated carbocycles. The molecular formula is C20H19BN6O2. The van der Waals surface area contributed by atoms with Crippen LogP contribution in [0.15, 0.2) is 55.0 Å². The van der Waals surface area contributed by atoms with Crippen LogP contribution in [0.3, 0.4) is 0 Å². The van der Waals surface area contributed by atoms with Crippen molar-refractivity contribution >= 4 is 40.6 Å². The minimum atomic E-state index is -0.619. The summed E-state index contributed by atoms with van der Waals surface area (Å²) in [4.78, 5) is 11.3. The van der Waals surface area contributed by atoms with Crippen LogP contribution >= 0.6 is 0 Å². The smallest absolute Gasteiger partial charge is 0.320 e. The second-order valence-electron chi connectivity index (χ2n) is 6.84. The normalized spacial score (nSPS) is 10.9. The molecule has 29 heavy (non-hydrogen) atoms. The van der Waals surface area contributed by atoms with Gasteiger partial charge in [0.05, 0.1) is 41.2 Å². The summed E-state index contributed by atoms with van der Waals surface area (Å²) in [5.74, 6) is -0.167. The number of hydrogen-bond donors (Lipinski definition) is 3. The van der Waals surface area contributed by atoms with Gasteiger partial charge in [0.2, 0.25) is 5.91 Å². The first-order chi connectivity index (χ1) is 13.9. The SMILES string of the molecule is CB(O)c1ccc(-n2cc(NC(C)=O)cn2)c(-c2ccc3c(N)cnnc3c2)c1. The van der Waals surface area contributed by atoms with E-state index in [9.17, 15) is 9.82 Å². The fourth-order valence-electron chi connectivity index (χ4n) is 3.22. The molecule has 4 rings (SSSR count). The van der Waals surface area contributed by atoms with Gasteiger partial charge in [-0.15, -0.1) is 0 Å². The molecule has 0 atom stereocenters. The number of fused-ring (bicyclic) bond motifs is 1. The van der Waals surface area contributed by atoms with Gasteiger partial charge in [0.1, 0.15) is 0 Å². The molecule has 0 aliphatic carbocycles. The largest absolute Gasteiger partial charge is 0.447 e. The van der Waals surface area contributed by atoms with Gasteiger partial charge >= 0.3 is 6.92 Å². The Morgan fingerprint density at radius 3 is 2.79 bits per heavy atom. The molecule has 0 aliphatic heterocycles. The van der Waals surface area contributed by atoms with Crippen molar-refractivity contribution in [2.75, 3.05) is 11.1 Å². The van der Waals surface area contributed by atoms with Crippen molar-refractivity contribution < 1.29 is 9.82 Å². The lowest BCUT2D eigenvalue weighted by Crippen LogP contribution is -2.26. The Hall–Kier alpha value is -3.72. The second kappa shape index (κ2) is 7.36. The molecule has 2 aromatic heterocycles. The van der Waals surface area contributed by atoms with Crippen LogP contribution in [0.25, 0.3) is 27.7 Å². The second-order valence-corrected chi connectivity index (χ2v) is 6.84. The Labute approximate surface area is 167 Å². The molecule has 9 heteroatoms. The van der Waals surface area contributed by atoms with E-state index in [1.54, 1.807) is 23.9 Å². The Morgan fingerprint density at radius 2 is 2.03 bits per heavy atom. The van der Waals surface area contributed by atoms with E-state index in [-0.39, 0.29) is 5.91 Å². The summed E-state index contributed by atoms with van der Waals surface area (Å²) < 4.78 is 1.68. The standard InChI is InChI=1S/C20H19BN6O2/c1-12(28)25-15-9-24-27(11-15)20-6-4-14(21(2)29)8-17(20)13-3-5-16-18(22)10-23-26-19(16)7-13/h3-11,29H,1-2H3,(H2,22,26)(H,25,28). The maximum Gasteiger partial charge on any atom is 0.320 e. The monoisotopic (exact) mass is 386 g/mol. The summed E-state index contributed by atoms with van der Waals surface area (Å²) >= 11 is 0. The van der Waals surface area contributed by atoms with Gasteiger partial charge in [-0.25, -0.2) is 4.68 Å². The van der Waals surface area contributed by atoms with E-state index in [1.807, 2.05) is 36.4 Å². The lowest BCUT2D eigenvalue weighted by molar-refractivity contribution is -0.114. The maximum absolute atomic E-state index is 11.3. The van der Waals surface area contributed by atoms with Gasteiger partial charge in [-0.3, -0.25) is 4.79 Å². The van der Waals surface area contributed by atoms with E-state index < -0.39 is 6.92 Å². The third kappa shape index (κ3) is 3.68. The predicted octanol–water partition coefficient (Wildman–Crippen LogP) is 1.84. The molecule has 2 aromatic carbocycles. The number of anilines is 2. The Morgan fingerprint density at radius 1 is 1.21 bits per heavy atom. The molecule has 0 spiro atoms. The van der Waals surface area contributed by atoms with Crippen LogP contribution < -0.4 is 16.5 Å². The third-order valence-corrected chi connectivity index (χ3v) is 4.63. The van der Waals surface area contributed by atoms with E-state index in [0.29, 0.717) is 16.9 Å². The van der Waals surface area contributed by atoms with Crippen LogP contribution in [0.2, 0.25) is 6.82 Å². The van der Waals surface area contributed by atoms with Crippen molar-refractivity contribution in [1.82, 2.24) is 20.0 Å². The van der Waals surface area contributed by atoms with Crippen LogP contribution in [0.1, 0.15) is 6.92 Å². The number of aromatic nitrogens is 4. The zero-order valence-electron chi connectivity index (χ0n) is 16.0. The van der Waals surface area contributed by atoms with E-state index in [2.05, 4.69) is 20.6 Å². The number of nitrogens with two attached hydrogens (primary N) is 1. The first kappa shape index (κ1) is 18.6. The van der Waals surface area contributed by atoms with Gasteiger partial charge in [0.15, 0.2) is 0 Å². The van der Waals surface area contributed by atoms with Crippen LogP contribution in [0, 0.1) is 0 Å². The van der Waals surface area contributed by atoms with Gasteiger partial charge < -0.3 is 16.1 Å². The summed E-state index contributed by atoms with van der Waals surface area (Å²) in [5.41, 5.74) is 11.1. The number of amides is 1. The lowest BCUT2D eigenvalue weighted by atomic mass is 9.64. The zero-order valence-corrected chi connectivity index (χ0v) is 16.0. The minimum Gasteiger partial charge on any atom is -0.447 e. The molecule has 0 unspecified atom stereocenters. The molecule has 144 valence electrons. The number of carbonyl (C=O) groups excluding carboxylic acids is 1. The molecule has 0 fully saturated rings. The van der Waals surface area contributed by atoms with E-state index >= 15 is 0 Å². The van der Waals surface area contributed by atoms with E-state index in [1.165, 1.54) is 13.1 Å². The van der Waals surface area contributed by atoms with Gasteiger partial charge in [-0.05, 0) is 29.2 Å². The average molecular weight is 386 g/mol. The summed E-state index contributed by atoms with van der Waals surface area (Å²) in [6, 6.07) is 11.4. The van der Waals surface area contributed by atoms with Crippen molar-refractivity contribution in [3.8, 4) is 16.8 Å². The lowest BCUT2D eigenvalue weighted by Gasteiger charge is -2.13. The number of hydrogen-bond acceptors (Lipinski definition) is 6. The Balaban J connectivity index is 1.88. The van der Waals surface area contributed by atoms with E-state index in [4.69, 9.17) is 5.73 Å². The number of nitrogens with zero attached hydrogens (tertiary/aromatic N) is 4. The number of nitrogen functional groups attached to an aromatic ring is 1. The molecule has 4 N–H and O–H groups in total. The number of nitrogens with one attached hydrogen (secondary N) is 1. The molecule has 4 aromatic rings. The summed E-state index contributed by atoms with van der Waals surface area (Å²) in [6.45, 7) is 2.54. The molecule has 0 radical (unpaired) electrons. The summed E-state index contributed by atoms with van der Waals surface area (Å²) in [7, 11) is 0. The van der Waals surface area contributed by atoms with E-state index in [0.717, 1.165) is 27.7 Å². The molecule has 1 amide bonds. The highest BCUT2D eigenvalue weighted by molar-refractivity contribution is 6.64. The molecule has 0 bridgehead atoms. The van der Waals surface area contributed by atoms with Crippen LogP contribution in [0.5, 0.6) is 0 Å². The van der Waals surface area contributed by atoms with Gasteiger partial charge in [0, 0.05) is 17.9 Å². The minimum absolute atomic E-state index is 0.167. The highest BCUT2D eigenvalue weighted by atomic mass is 16.2. The quantitative estimate of drug-likeness (QED) is 0.461. The van der Waals surface area contributed by atoms with Crippen molar-refractivity contribution in [2.45, 2.75) is 13.7 Å². The highest BCUT2D eigenvalue weighted by Gasteiger charge is 2.15. The first-order valence-corrected chi connectivity index (χ1v) is 9.08. The van der Waals surface area contributed by atoms with Crippen LogP contribution in [-0.4, -0.2) is 37.8 Å². The molecular weight excluding hydrogens is 367 g/mol. The fraction of sp³-hybridized carbons (Fsp3) is 0.100. The average Bonchev–Trinajstić information content (AvgIpc) is 3.15. The van der Waals surface area contributed by atoms with Gasteiger partial charge in [0.25, 0.3) is 0 Å². The van der Waals surface area contributed by atoms with Crippen molar-refractivity contribution in [3.63, 3.8) is 0 Å². The number of carbonyl (C=O) groups is 1. The third-order valence-electron chi connectivity index (χ3n) is 4.63. The maximum atomic E-state index is 11.3. The number of rotatable bonds is 4. The Kier molecular flexibility index (Phi) is 4.73. The van der Waals surface area contributed by atoms with Gasteiger partial charge in [-0.1, -0.05) is 25.0 Å². The number of benzene rings is 2. The molecule has 8 nitrogen and oxygen atoms in total. The topological polar surface area (TPSA) is 119 Å². The Bertz CT molecular complexity index is 1220. The van der Waals surface area contributed by atoms with Crippen molar-refractivity contribution in [1.29, 1.82) is 0 Å². The van der Waals surface area contributed by atoms with Crippen molar-refractivity contribution in [3.05, 3.63) is 55.0 Å². The summed E-state index contributed by atoms with van der Waals surface area (Å²) in [5, 5.41) is 26.1. The summed E-state index contributed by atoms with van der Waals surface area (Å²) in [6.07, 6.45) is 4.84. The molecule has 0 aliphatic rings. The highest BCUT2D eigenvalue weighted by Crippen LogP contribution is 2.30. The zero-order chi connectivity index (χ0) is 20.5. The fourth-order valence-corrected chi connectivity index (χ4v) is 3.22. The molecule has 0 saturated heterocycles.